The molecule has 6 heteroatoms. The van der Waals surface area contributed by atoms with Crippen molar-refractivity contribution in [2.24, 2.45) is 4.99 Å². The van der Waals surface area contributed by atoms with Gasteiger partial charge in [-0.25, -0.2) is 4.39 Å². The van der Waals surface area contributed by atoms with Gasteiger partial charge in [0.1, 0.15) is 11.5 Å². The maximum atomic E-state index is 13.9. The molecule has 2 saturated heterocycles. The minimum Gasteiger partial charge on any atom is -0.387 e. The number of aliphatic hydroxyl groups excluding tert-OH is 1. The van der Waals surface area contributed by atoms with E-state index in [0.29, 0.717) is 18.1 Å². The van der Waals surface area contributed by atoms with Crippen LogP contribution in [0.5, 0.6) is 0 Å². The lowest BCUT2D eigenvalue weighted by atomic mass is 9.98. The second-order valence-corrected chi connectivity index (χ2v) is 5.04. The van der Waals surface area contributed by atoms with Crippen LogP contribution in [0.4, 0.5) is 4.39 Å². The van der Waals surface area contributed by atoms with E-state index < -0.39 is 24.4 Å². The Morgan fingerprint density at radius 3 is 2.94 bits per heavy atom. The number of amidine groups is 1. The molecule has 2 aliphatic rings. The number of thioether (sulfide) groups is 1. The fourth-order valence-corrected chi connectivity index (χ4v) is 3.20. The Hall–Kier alpha value is -0.330. The molecule has 0 saturated carbocycles. The third-order valence-corrected chi connectivity index (χ3v) is 3.98. The number of nitrogens with one attached hydrogen (secondary N) is 1. The predicted octanol–water partition coefficient (Wildman–Crippen LogP) is 0.901. The average molecular weight is 248 g/mol. The van der Waals surface area contributed by atoms with Gasteiger partial charge in [-0.2, -0.15) is 0 Å². The topological polar surface area (TPSA) is 53.9 Å². The highest BCUT2D eigenvalue weighted by Crippen LogP contribution is 2.35. The van der Waals surface area contributed by atoms with E-state index in [-0.39, 0.29) is 5.44 Å². The van der Waals surface area contributed by atoms with Crippen molar-refractivity contribution in [2.75, 3.05) is 6.54 Å². The molecule has 0 aliphatic carbocycles. The lowest BCUT2D eigenvalue weighted by molar-refractivity contribution is -0.134. The molecule has 2 N–H and O–H groups in total. The van der Waals surface area contributed by atoms with E-state index in [4.69, 9.17) is 4.74 Å². The van der Waals surface area contributed by atoms with Crippen LogP contribution in [0.3, 0.4) is 0 Å². The summed E-state index contributed by atoms with van der Waals surface area (Å²) in [6.07, 6.45) is -2.13. The number of hydrogen-bond donors (Lipinski definition) is 2. The SMILES string of the molecule is CCN=C1NC2C(OC(CC)C(O)C2F)S1. The summed E-state index contributed by atoms with van der Waals surface area (Å²) >= 11 is 1.41. The third-order valence-electron chi connectivity index (χ3n) is 2.87. The molecule has 0 aromatic rings. The molecular weight excluding hydrogens is 231 g/mol. The van der Waals surface area contributed by atoms with Crippen LogP contribution in [0.1, 0.15) is 20.3 Å². The number of aliphatic hydroxyl groups is 1. The summed E-state index contributed by atoms with van der Waals surface area (Å²) in [5, 5.41) is 13.4. The molecular formula is C10H17FN2O2S. The highest BCUT2D eigenvalue weighted by molar-refractivity contribution is 8.14. The van der Waals surface area contributed by atoms with Gasteiger partial charge in [0.05, 0.1) is 12.1 Å². The number of fused-ring (bicyclic) bond motifs is 1. The largest absolute Gasteiger partial charge is 0.387 e. The van der Waals surface area contributed by atoms with Crippen molar-refractivity contribution in [1.29, 1.82) is 0 Å². The fourth-order valence-electron chi connectivity index (χ4n) is 2.00. The summed E-state index contributed by atoms with van der Waals surface area (Å²) < 4.78 is 19.6. The predicted molar refractivity (Wildman–Crippen MR) is 62.3 cm³/mol. The van der Waals surface area contributed by atoms with Gasteiger partial charge in [-0.3, -0.25) is 4.99 Å². The number of alkyl halides is 1. The molecule has 0 amide bonds. The van der Waals surface area contributed by atoms with Gasteiger partial charge >= 0.3 is 0 Å². The minimum absolute atomic E-state index is 0.270. The van der Waals surface area contributed by atoms with Crippen LogP contribution < -0.4 is 5.32 Å². The van der Waals surface area contributed by atoms with Crippen molar-refractivity contribution in [1.82, 2.24) is 5.32 Å². The number of aliphatic imine (C=N–C) groups is 1. The van der Waals surface area contributed by atoms with Gasteiger partial charge in [-0.1, -0.05) is 18.7 Å². The number of rotatable bonds is 2. The molecule has 0 bridgehead atoms. The first-order valence-electron chi connectivity index (χ1n) is 5.62. The fraction of sp³-hybridized carbons (Fsp3) is 0.900. The van der Waals surface area contributed by atoms with Crippen LogP contribution in [0, 0.1) is 0 Å². The first-order valence-corrected chi connectivity index (χ1v) is 6.50. The number of nitrogens with zero attached hydrogens (tertiary/aromatic N) is 1. The van der Waals surface area contributed by atoms with Gasteiger partial charge in [0.25, 0.3) is 0 Å². The van der Waals surface area contributed by atoms with Gasteiger partial charge < -0.3 is 15.2 Å². The second-order valence-electron chi connectivity index (χ2n) is 3.95. The summed E-state index contributed by atoms with van der Waals surface area (Å²) in [5.74, 6) is 0. The maximum absolute atomic E-state index is 13.9. The highest BCUT2D eigenvalue weighted by Gasteiger charge is 2.49. The van der Waals surface area contributed by atoms with E-state index in [9.17, 15) is 9.50 Å². The van der Waals surface area contributed by atoms with Gasteiger partial charge in [0.15, 0.2) is 11.3 Å². The molecule has 0 radical (unpaired) electrons. The Labute approximate surface area is 98.7 Å². The molecule has 92 valence electrons. The number of halogens is 1. The molecule has 16 heavy (non-hydrogen) atoms. The van der Waals surface area contributed by atoms with Crippen molar-refractivity contribution in [3.05, 3.63) is 0 Å². The number of ether oxygens (including phenoxy) is 1. The maximum Gasteiger partial charge on any atom is 0.159 e. The zero-order valence-electron chi connectivity index (χ0n) is 9.39. The Balaban J connectivity index is 2.10. The standard InChI is InChI=1S/C10H17FN2O2S/c1-3-5-8(14)6(11)7-9(15-5)16-10(13-7)12-4-2/h5-9,14H,3-4H2,1-2H3,(H,12,13). The van der Waals surface area contributed by atoms with Crippen LogP contribution in [0.25, 0.3) is 0 Å². The highest BCUT2D eigenvalue weighted by atomic mass is 32.2. The molecule has 5 atom stereocenters. The van der Waals surface area contributed by atoms with E-state index in [1.165, 1.54) is 11.8 Å². The molecule has 0 aromatic heterocycles. The van der Waals surface area contributed by atoms with Crippen LogP contribution in [0.15, 0.2) is 4.99 Å². The monoisotopic (exact) mass is 248 g/mol. The first kappa shape index (κ1) is 12.1. The minimum atomic E-state index is -1.29. The molecule has 2 heterocycles. The molecule has 0 aromatic carbocycles. The molecule has 2 rings (SSSR count). The zero-order chi connectivity index (χ0) is 11.7. The van der Waals surface area contributed by atoms with Crippen molar-refractivity contribution in [3.63, 3.8) is 0 Å². The Kier molecular flexibility index (Phi) is 3.71. The van der Waals surface area contributed by atoms with Crippen molar-refractivity contribution < 1.29 is 14.2 Å². The lowest BCUT2D eigenvalue weighted by Gasteiger charge is -2.37. The molecule has 2 fully saturated rings. The van der Waals surface area contributed by atoms with Crippen LogP contribution in [0.2, 0.25) is 0 Å². The van der Waals surface area contributed by atoms with Gasteiger partial charge in [0.2, 0.25) is 0 Å². The molecule has 4 nitrogen and oxygen atoms in total. The molecule has 0 spiro atoms. The van der Waals surface area contributed by atoms with E-state index in [1.807, 2.05) is 13.8 Å². The first-order chi connectivity index (χ1) is 7.67. The Bertz CT molecular complexity index is 290. The molecule has 2 aliphatic heterocycles. The van der Waals surface area contributed by atoms with Crippen molar-refractivity contribution >= 4 is 16.9 Å². The summed E-state index contributed by atoms with van der Waals surface area (Å²) in [6.45, 7) is 4.47. The average Bonchev–Trinajstić information content (AvgIpc) is 2.67. The molecule has 5 unspecified atom stereocenters. The quantitative estimate of drug-likeness (QED) is 0.762. The van der Waals surface area contributed by atoms with Gasteiger partial charge in [-0.15, -0.1) is 0 Å². The van der Waals surface area contributed by atoms with Gasteiger partial charge in [-0.05, 0) is 13.3 Å². The van der Waals surface area contributed by atoms with Gasteiger partial charge in [0, 0.05) is 6.54 Å². The normalized spacial score (nSPS) is 45.5. The zero-order valence-corrected chi connectivity index (χ0v) is 10.2. The van der Waals surface area contributed by atoms with E-state index >= 15 is 0 Å². The Morgan fingerprint density at radius 2 is 2.31 bits per heavy atom. The summed E-state index contributed by atoms with van der Waals surface area (Å²) in [7, 11) is 0. The van der Waals surface area contributed by atoms with Crippen LogP contribution in [-0.2, 0) is 4.74 Å². The summed E-state index contributed by atoms with van der Waals surface area (Å²) in [6, 6.07) is -0.479. The number of hydrogen-bond acceptors (Lipinski definition) is 4. The summed E-state index contributed by atoms with van der Waals surface area (Å²) in [5.41, 5.74) is -0.270. The van der Waals surface area contributed by atoms with Crippen LogP contribution >= 0.6 is 11.8 Å². The van der Waals surface area contributed by atoms with E-state index in [2.05, 4.69) is 10.3 Å². The Morgan fingerprint density at radius 1 is 1.56 bits per heavy atom. The van der Waals surface area contributed by atoms with Crippen molar-refractivity contribution in [2.45, 2.75) is 50.1 Å². The van der Waals surface area contributed by atoms with E-state index in [1.54, 1.807) is 0 Å². The van der Waals surface area contributed by atoms with Crippen molar-refractivity contribution in [3.8, 4) is 0 Å². The smallest absolute Gasteiger partial charge is 0.159 e. The lowest BCUT2D eigenvalue weighted by Crippen LogP contribution is -2.56. The van der Waals surface area contributed by atoms with E-state index in [0.717, 1.165) is 0 Å². The van der Waals surface area contributed by atoms with Crippen LogP contribution in [-0.4, -0.2) is 46.7 Å². The summed E-state index contributed by atoms with van der Waals surface area (Å²) in [4.78, 5) is 4.20. The third kappa shape index (κ3) is 2.06. The second kappa shape index (κ2) is 4.89.